The molecule has 0 radical (unpaired) electrons. The second kappa shape index (κ2) is 8.08. The predicted molar refractivity (Wildman–Crippen MR) is 72.4 cm³/mol. The third-order valence-electron chi connectivity index (χ3n) is 2.49. The minimum Gasteiger partial charge on any atom is -0.469 e. The van der Waals surface area contributed by atoms with Crippen LogP contribution in [0.5, 0.6) is 0 Å². The van der Waals surface area contributed by atoms with Gasteiger partial charge in [-0.15, -0.1) is 0 Å². The maximum atomic E-state index is 11.1. The van der Waals surface area contributed by atoms with E-state index in [-0.39, 0.29) is 18.5 Å². The summed E-state index contributed by atoms with van der Waals surface area (Å²) >= 11 is 0. The fourth-order valence-corrected chi connectivity index (χ4v) is 1.55. The van der Waals surface area contributed by atoms with Gasteiger partial charge in [-0.25, -0.2) is 0 Å². The van der Waals surface area contributed by atoms with Crippen LogP contribution >= 0.6 is 0 Å². The van der Waals surface area contributed by atoms with E-state index in [2.05, 4.69) is 4.74 Å². The Labute approximate surface area is 113 Å². The van der Waals surface area contributed by atoms with Crippen molar-refractivity contribution in [3.63, 3.8) is 0 Å². The molecule has 0 saturated carbocycles. The van der Waals surface area contributed by atoms with Crippen molar-refractivity contribution >= 4 is 18.0 Å². The van der Waals surface area contributed by atoms with Crippen molar-refractivity contribution in [2.45, 2.75) is 19.8 Å². The molecular formula is C15H18O4. The molecule has 19 heavy (non-hydrogen) atoms. The molecule has 102 valence electrons. The quantitative estimate of drug-likeness (QED) is 0.738. The SMILES string of the molecule is COC(=O)CCc1cccc(C=CCOC(C)=O)c1. The van der Waals surface area contributed by atoms with Gasteiger partial charge >= 0.3 is 11.9 Å². The van der Waals surface area contributed by atoms with E-state index in [0.29, 0.717) is 12.8 Å². The third kappa shape index (κ3) is 6.41. The smallest absolute Gasteiger partial charge is 0.305 e. The topological polar surface area (TPSA) is 52.6 Å². The molecule has 0 bridgehead atoms. The van der Waals surface area contributed by atoms with Crippen LogP contribution in [-0.2, 0) is 25.5 Å². The molecule has 0 unspecified atom stereocenters. The maximum absolute atomic E-state index is 11.1. The van der Waals surface area contributed by atoms with Crippen LogP contribution in [0.15, 0.2) is 30.3 Å². The van der Waals surface area contributed by atoms with Crippen LogP contribution in [0.25, 0.3) is 6.08 Å². The lowest BCUT2D eigenvalue weighted by Gasteiger charge is -2.02. The van der Waals surface area contributed by atoms with E-state index in [1.54, 1.807) is 6.08 Å². The minimum atomic E-state index is -0.295. The molecular weight excluding hydrogens is 244 g/mol. The van der Waals surface area contributed by atoms with Crippen LogP contribution < -0.4 is 0 Å². The molecule has 0 spiro atoms. The Kier molecular flexibility index (Phi) is 6.36. The van der Waals surface area contributed by atoms with E-state index in [9.17, 15) is 9.59 Å². The van der Waals surface area contributed by atoms with Gasteiger partial charge in [0.05, 0.1) is 7.11 Å². The summed E-state index contributed by atoms with van der Waals surface area (Å²) in [4.78, 5) is 21.6. The first-order valence-electron chi connectivity index (χ1n) is 6.07. The number of esters is 2. The van der Waals surface area contributed by atoms with Crippen molar-refractivity contribution < 1.29 is 19.1 Å². The van der Waals surface area contributed by atoms with Gasteiger partial charge in [-0.2, -0.15) is 0 Å². The zero-order valence-electron chi connectivity index (χ0n) is 11.2. The molecule has 1 rings (SSSR count). The Hall–Kier alpha value is -2.10. The van der Waals surface area contributed by atoms with E-state index in [0.717, 1.165) is 11.1 Å². The summed E-state index contributed by atoms with van der Waals surface area (Å²) in [5.41, 5.74) is 2.08. The number of hydrogen-bond acceptors (Lipinski definition) is 4. The standard InChI is InChI=1S/C15H18O4/c1-12(16)19-10-4-7-13-5-3-6-14(11-13)8-9-15(17)18-2/h3-7,11H,8-10H2,1-2H3. The van der Waals surface area contributed by atoms with E-state index >= 15 is 0 Å². The van der Waals surface area contributed by atoms with Crippen molar-refractivity contribution in [1.82, 2.24) is 0 Å². The highest BCUT2D eigenvalue weighted by Crippen LogP contribution is 2.09. The Balaban J connectivity index is 2.51. The number of carbonyl (C=O) groups excluding carboxylic acids is 2. The van der Waals surface area contributed by atoms with E-state index in [1.807, 2.05) is 30.3 Å². The second-order valence-electron chi connectivity index (χ2n) is 4.03. The molecule has 0 aliphatic heterocycles. The molecule has 1 aromatic rings. The van der Waals surface area contributed by atoms with Crippen molar-refractivity contribution in [3.05, 3.63) is 41.5 Å². The summed E-state index contributed by atoms with van der Waals surface area (Å²) < 4.78 is 9.40. The lowest BCUT2D eigenvalue weighted by molar-refractivity contribution is -0.141. The molecule has 0 amide bonds. The summed E-state index contributed by atoms with van der Waals surface area (Å²) in [6.45, 7) is 1.64. The van der Waals surface area contributed by atoms with Crippen LogP contribution in [0, 0.1) is 0 Å². The van der Waals surface area contributed by atoms with Gasteiger partial charge in [-0.1, -0.05) is 30.3 Å². The number of rotatable bonds is 6. The average Bonchev–Trinajstić information content (AvgIpc) is 2.41. The first-order valence-corrected chi connectivity index (χ1v) is 6.07. The van der Waals surface area contributed by atoms with Gasteiger partial charge in [0.2, 0.25) is 0 Å². The van der Waals surface area contributed by atoms with Crippen LogP contribution in [0.2, 0.25) is 0 Å². The number of ether oxygens (including phenoxy) is 2. The third-order valence-corrected chi connectivity index (χ3v) is 2.49. The summed E-state index contributed by atoms with van der Waals surface area (Å²) in [5.74, 6) is -0.507. The number of hydrogen-bond donors (Lipinski definition) is 0. The Bertz CT molecular complexity index is 463. The van der Waals surface area contributed by atoms with Crippen LogP contribution in [-0.4, -0.2) is 25.7 Å². The minimum absolute atomic E-state index is 0.212. The molecule has 0 aliphatic rings. The van der Waals surface area contributed by atoms with Crippen LogP contribution in [0.4, 0.5) is 0 Å². The molecule has 0 N–H and O–H groups in total. The second-order valence-corrected chi connectivity index (χ2v) is 4.03. The normalized spacial score (nSPS) is 10.4. The van der Waals surface area contributed by atoms with Gasteiger partial charge in [0, 0.05) is 13.3 Å². The van der Waals surface area contributed by atoms with Crippen molar-refractivity contribution in [1.29, 1.82) is 0 Å². The van der Waals surface area contributed by atoms with Gasteiger partial charge in [-0.3, -0.25) is 9.59 Å². The molecule has 0 atom stereocenters. The van der Waals surface area contributed by atoms with Gasteiger partial charge in [0.1, 0.15) is 6.61 Å². The highest BCUT2D eigenvalue weighted by Gasteiger charge is 2.01. The maximum Gasteiger partial charge on any atom is 0.305 e. The summed E-state index contributed by atoms with van der Waals surface area (Å²) in [6.07, 6.45) is 4.68. The number of benzene rings is 1. The van der Waals surface area contributed by atoms with E-state index in [1.165, 1.54) is 14.0 Å². The van der Waals surface area contributed by atoms with Crippen molar-refractivity contribution in [2.24, 2.45) is 0 Å². The molecule has 4 heteroatoms. The van der Waals surface area contributed by atoms with Crippen LogP contribution in [0.1, 0.15) is 24.5 Å². The zero-order chi connectivity index (χ0) is 14.1. The molecule has 4 nitrogen and oxygen atoms in total. The van der Waals surface area contributed by atoms with Crippen LogP contribution in [0.3, 0.4) is 0 Å². The predicted octanol–water partition coefficient (Wildman–Crippen LogP) is 2.37. The van der Waals surface area contributed by atoms with E-state index < -0.39 is 0 Å². The molecule has 0 saturated heterocycles. The van der Waals surface area contributed by atoms with Crippen molar-refractivity contribution in [2.75, 3.05) is 13.7 Å². The number of carbonyl (C=O) groups is 2. The van der Waals surface area contributed by atoms with Gasteiger partial charge < -0.3 is 9.47 Å². The Morgan fingerprint density at radius 3 is 2.79 bits per heavy atom. The Morgan fingerprint density at radius 1 is 1.32 bits per heavy atom. The molecule has 1 aromatic carbocycles. The lowest BCUT2D eigenvalue weighted by Crippen LogP contribution is -2.01. The van der Waals surface area contributed by atoms with Gasteiger partial charge in [0.25, 0.3) is 0 Å². The summed E-state index contributed by atoms with van der Waals surface area (Å²) in [5, 5.41) is 0. The Morgan fingerprint density at radius 2 is 2.11 bits per heavy atom. The largest absolute Gasteiger partial charge is 0.469 e. The molecule has 0 heterocycles. The average molecular weight is 262 g/mol. The first-order chi connectivity index (χ1) is 9.11. The van der Waals surface area contributed by atoms with Crippen molar-refractivity contribution in [3.8, 4) is 0 Å². The molecule has 0 fully saturated rings. The van der Waals surface area contributed by atoms with Gasteiger partial charge in [-0.05, 0) is 23.6 Å². The zero-order valence-corrected chi connectivity index (χ0v) is 11.2. The highest BCUT2D eigenvalue weighted by molar-refractivity contribution is 5.69. The number of aryl methyl sites for hydroxylation is 1. The van der Waals surface area contributed by atoms with Gasteiger partial charge in [0.15, 0.2) is 0 Å². The summed E-state index contributed by atoms with van der Waals surface area (Å²) in [6, 6.07) is 7.84. The lowest BCUT2D eigenvalue weighted by atomic mass is 10.1. The van der Waals surface area contributed by atoms with E-state index in [4.69, 9.17) is 4.74 Å². The summed E-state index contributed by atoms with van der Waals surface area (Å²) in [7, 11) is 1.39. The fraction of sp³-hybridized carbons (Fsp3) is 0.333. The first kappa shape index (κ1) is 15.0. The highest BCUT2D eigenvalue weighted by atomic mass is 16.5. The molecule has 0 aromatic heterocycles. The monoisotopic (exact) mass is 262 g/mol. The molecule has 0 aliphatic carbocycles. The number of methoxy groups -OCH3 is 1. The fourth-order valence-electron chi connectivity index (χ4n) is 1.55.